The Labute approximate surface area is 177 Å². The summed E-state index contributed by atoms with van der Waals surface area (Å²) in [5, 5.41) is 3.58. The number of ether oxygens (including phenoxy) is 2. The molecule has 0 unspecified atom stereocenters. The zero-order valence-electron chi connectivity index (χ0n) is 16.5. The van der Waals surface area contributed by atoms with E-state index in [1.165, 1.54) is 19.2 Å². The monoisotopic (exact) mass is 420 g/mol. The summed E-state index contributed by atoms with van der Waals surface area (Å²) in [6.45, 7) is -2.89. The van der Waals surface area contributed by atoms with Crippen LogP contribution in [0.3, 0.4) is 0 Å². The molecular weight excluding hydrogens is 402 g/mol. The van der Waals surface area contributed by atoms with Gasteiger partial charge in [-0.15, -0.1) is 0 Å². The van der Waals surface area contributed by atoms with E-state index in [2.05, 4.69) is 15.0 Å². The second-order valence-corrected chi connectivity index (χ2v) is 6.63. The Bertz CT molecular complexity index is 1230. The molecule has 4 aromatic rings. The highest BCUT2D eigenvalue weighted by Crippen LogP contribution is 2.29. The summed E-state index contributed by atoms with van der Waals surface area (Å²) in [6, 6.07) is 22.2. The third-order valence-corrected chi connectivity index (χ3v) is 4.69. The van der Waals surface area contributed by atoms with Gasteiger partial charge in [-0.2, -0.15) is 8.78 Å². The molecule has 0 radical (unpaired) electrons. The average molecular weight is 420 g/mol. The number of hydrogen-bond acceptors (Lipinski definition) is 4. The first kappa shape index (κ1) is 20.3. The van der Waals surface area contributed by atoms with Crippen molar-refractivity contribution in [1.29, 1.82) is 0 Å². The SMILES string of the molecule is COc1ccccc1NC(=O)c1cc(-c2ccc(OC(F)F)cc2)nc2ccccc12. The smallest absolute Gasteiger partial charge is 0.387 e. The standard InChI is InChI=1S/C24H18F2N2O3/c1-30-22-9-5-4-8-20(22)28-23(29)18-14-21(27-19-7-3-2-6-17(18)19)15-10-12-16(13-11-15)31-24(25)26/h2-14,24H,1H3,(H,28,29). The molecule has 31 heavy (non-hydrogen) atoms. The van der Waals surface area contributed by atoms with Crippen molar-refractivity contribution in [2.45, 2.75) is 6.61 Å². The number of nitrogens with zero attached hydrogens (tertiary/aromatic N) is 1. The van der Waals surface area contributed by atoms with Crippen LogP contribution in [0, 0.1) is 0 Å². The Morgan fingerprint density at radius 3 is 2.42 bits per heavy atom. The number of para-hydroxylation sites is 3. The van der Waals surface area contributed by atoms with Crippen molar-refractivity contribution < 1.29 is 23.0 Å². The second-order valence-electron chi connectivity index (χ2n) is 6.63. The molecule has 0 aliphatic rings. The number of benzene rings is 3. The first-order valence-electron chi connectivity index (χ1n) is 9.44. The number of aromatic nitrogens is 1. The number of amides is 1. The molecule has 0 spiro atoms. The highest BCUT2D eigenvalue weighted by atomic mass is 19.3. The van der Waals surface area contributed by atoms with E-state index in [1.54, 1.807) is 36.4 Å². The van der Waals surface area contributed by atoms with Gasteiger partial charge in [-0.05, 0) is 48.5 Å². The molecule has 0 aliphatic carbocycles. The minimum absolute atomic E-state index is 0.0497. The number of anilines is 1. The molecule has 1 amide bonds. The maximum atomic E-state index is 13.2. The van der Waals surface area contributed by atoms with Gasteiger partial charge in [0.2, 0.25) is 0 Å². The van der Waals surface area contributed by atoms with E-state index in [4.69, 9.17) is 4.74 Å². The number of hydrogen-bond donors (Lipinski definition) is 1. The number of nitrogens with one attached hydrogen (secondary N) is 1. The molecule has 0 fully saturated rings. The van der Waals surface area contributed by atoms with Crippen LogP contribution in [0.15, 0.2) is 78.9 Å². The van der Waals surface area contributed by atoms with Gasteiger partial charge in [0.1, 0.15) is 11.5 Å². The van der Waals surface area contributed by atoms with Gasteiger partial charge >= 0.3 is 6.61 Å². The summed E-state index contributed by atoms with van der Waals surface area (Å²) < 4.78 is 34.5. The third-order valence-electron chi connectivity index (χ3n) is 4.69. The number of fused-ring (bicyclic) bond motifs is 1. The van der Waals surface area contributed by atoms with Gasteiger partial charge in [-0.3, -0.25) is 4.79 Å². The molecule has 4 rings (SSSR count). The molecule has 0 aliphatic heterocycles. The number of halogens is 2. The van der Waals surface area contributed by atoms with Gasteiger partial charge in [0.05, 0.1) is 29.6 Å². The summed E-state index contributed by atoms with van der Waals surface area (Å²) in [7, 11) is 1.53. The predicted molar refractivity (Wildman–Crippen MR) is 115 cm³/mol. The maximum Gasteiger partial charge on any atom is 0.387 e. The molecule has 3 aromatic carbocycles. The molecule has 7 heteroatoms. The normalized spacial score (nSPS) is 10.8. The first-order valence-corrected chi connectivity index (χ1v) is 9.44. The van der Waals surface area contributed by atoms with Gasteiger partial charge in [0.25, 0.3) is 5.91 Å². The van der Waals surface area contributed by atoms with E-state index in [-0.39, 0.29) is 11.7 Å². The Hall–Kier alpha value is -4.00. The van der Waals surface area contributed by atoms with Crippen molar-refractivity contribution in [2.75, 3.05) is 12.4 Å². The molecule has 0 saturated carbocycles. The summed E-state index contributed by atoms with van der Waals surface area (Å²) in [5.74, 6) is 0.278. The van der Waals surface area contributed by atoms with Crippen LogP contribution >= 0.6 is 0 Å². The fraction of sp³-hybridized carbons (Fsp3) is 0.0833. The molecule has 5 nitrogen and oxygen atoms in total. The zero-order chi connectivity index (χ0) is 21.8. The quantitative estimate of drug-likeness (QED) is 0.431. The number of carbonyl (C=O) groups excluding carboxylic acids is 1. The molecular formula is C24H18F2N2O3. The minimum atomic E-state index is -2.89. The summed E-state index contributed by atoms with van der Waals surface area (Å²) in [4.78, 5) is 17.8. The molecule has 156 valence electrons. The summed E-state index contributed by atoms with van der Waals surface area (Å²) in [6.07, 6.45) is 0. The maximum absolute atomic E-state index is 13.2. The van der Waals surface area contributed by atoms with E-state index in [0.29, 0.717) is 39.2 Å². The Morgan fingerprint density at radius 2 is 1.68 bits per heavy atom. The zero-order valence-corrected chi connectivity index (χ0v) is 16.5. The van der Waals surface area contributed by atoms with Crippen LogP contribution in [-0.2, 0) is 0 Å². The largest absolute Gasteiger partial charge is 0.495 e. The minimum Gasteiger partial charge on any atom is -0.495 e. The third kappa shape index (κ3) is 4.45. The van der Waals surface area contributed by atoms with Crippen molar-refractivity contribution in [3.63, 3.8) is 0 Å². The van der Waals surface area contributed by atoms with Gasteiger partial charge in [0, 0.05) is 10.9 Å². The van der Waals surface area contributed by atoms with Crippen LogP contribution in [0.4, 0.5) is 14.5 Å². The predicted octanol–water partition coefficient (Wildman–Crippen LogP) is 5.76. The summed E-state index contributed by atoms with van der Waals surface area (Å²) in [5.41, 5.74) is 2.81. The van der Waals surface area contributed by atoms with Gasteiger partial charge in [-0.25, -0.2) is 4.98 Å². The Morgan fingerprint density at radius 1 is 0.968 bits per heavy atom. The highest BCUT2D eigenvalue weighted by Gasteiger charge is 2.16. The highest BCUT2D eigenvalue weighted by molar-refractivity contribution is 6.13. The molecule has 1 N–H and O–H groups in total. The first-order chi connectivity index (χ1) is 15.0. The van der Waals surface area contributed by atoms with Crippen molar-refractivity contribution in [3.8, 4) is 22.8 Å². The number of carbonyl (C=O) groups is 1. The van der Waals surface area contributed by atoms with Crippen LogP contribution in [0.25, 0.3) is 22.2 Å². The molecule has 0 atom stereocenters. The molecule has 0 bridgehead atoms. The number of methoxy groups -OCH3 is 1. The Kier molecular flexibility index (Phi) is 5.75. The number of alkyl halides is 2. The molecule has 1 heterocycles. The van der Waals surface area contributed by atoms with Crippen molar-refractivity contribution in [3.05, 3.63) is 84.4 Å². The fourth-order valence-corrected chi connectivity index (χ4v) is 3.26. The topological polar surface area (TPSA) is 60.5 Å². The lowest BCUT2D eigenvalue weighted by Crippen LogP contribution is -2.13. The van der Waals surface area contributed by atoms with Gasteiger partial charge in [-0.1, -0.05) is 30.3 Å². The van der Waals surface area contributed by atoms with Crippen LogP contribution in [-0.4, -0.2) is 24.6 Å². The van der Waals surface area contributed by atoms with Crippen LogP contribution in [0.5, 0.6) is 11.5 Å². The van der Waals surface area contributed by atoms with E-state index in [1.807, 2.05) is 30.3 Å². The second kappa shape index (κ2) is 8.79. The van der Waals surface area contributed by atoms with Crippen molar-refractivity contribution in [1.82, 2.24) is 4.98 Å². The lowest BCUT2D eigenvalue weighted by Gasteiger charge is -2.13. The van der Waals surface area contributed by atoms with Crippen LogP contribution in [0.2, 0.25) is 0 Å². The lowest BCUT2D eigenvalue weighted by molar-refractivity contribution is -0.0498. The van der Waals surface area contributed by atoms with Crippen molar-refractivity contribution in [2.24, 2.45) is 0 Å². The number of pyridine rings is 1. The average Bonchev–Trinajstić information content (AvgIpc) is 2.78. The fourth-order valence-electron chi connectivity index (χ4n) is 3.26. The van der Waals surface area contributed by atoms with Crippen LogP contribution < -0.4 is 14.8 Å². The van der Waals surface area contributed by atoms with Crippen LogP contribution in [0.1, 0.15) is 10.4 Å². The van der Waals surface area contributed by atoms with Gasteiger partial charge in [0.15, 0.2) is 0 Å². The van der Waals surface area contributed by atoms with E-state index < -0.39 is 6.61 Å². The van der Waals surface area contributed by atoms with Crippen molar-refractivity contribution >= 4 is 22.5 Å². The lowest BCUT2D eigenvalue weighted by atomic mass is 10.0. The van der Waals surface area contributed by atoms with E-state index in [9.17, 15) is 13.6 Å². The molecule has 1 aromatic heterocycles. The van der Waals surface area contributed by atoms with Gasteiger partial charge < -0.3 is 14.8 Å². The Balaban J connectivity index is 1.74. The molecule has 0 saturated heterocycles. The van der Waals surface area contributed by atoms with E-state index in [0.717, 1.165) is 0 Å². The number of rotatable bonds is 6. The van der Waals surface area contributed by atoms with E-state index >= 15 is 0 Å². The summed E-state index contributed by atoms with van der Waals surface area (Å²) >= 11 is 0.